The van der Waals surface area contributed by atoms with E-state index < -0.39 is 0 Å². The van der Waals surface area contributed by atoms with Gasteiger partial charge in [-0.3, -0.25) is 4.79 Å². The molecule has 1 amide bonds. The molecule has 0 radical (unpaired) electrons. The molecule has 0 spiro atoms. The van der Waals surface area contributed by atoms with Gasteiger partial charge in [0, 0.05) is 18.9 Å². The molecule has 0 aromatic carbocycles. The summed E-state index contributed by atoms with van der Waals surface area (Å²) in [6.07, 6.45) is 0.811. The second-order valence-electron chi connectivity index (χ2n) is 4.44. The minimum Gasteiger partial charge on any atom is -0.396 e. The summed E-state index contributed by atoms with van der Waals surface area (Å²) in [6, 6.07) is 0. The third kappa shape index (κ3) is 11.8. The van der Waals surface area contributed by atoms with Gasteiger partial charge in [0.2, 0.25) is 5.91 Å². The molecule has 0 aliphatic heterocycles. The standard InChI is InChI=1S/C11H23NO3S/c1-11(2,3)15-9-10(14)12-5-8-16-7-4-6-13/h13H,4-9H2,1-3H3,(H,12,14). The van der Waals surface area contributed by atoms with Crippen LogP contribution in [0, 0.1) is 0 Å². The number of carbonyl (C=O) groups is 1. The van der Waals surface area contributed by atoms with Crippen molar-refractivity contribution in [3.05, 3.63) is 0 Å². The van der Waals surface area contributed by atoms with Gasteiger partial charge in [-0.05, 0) is 32.9 Å². The van der Waals surface area contributed by atoms with E-state index in [1.165, 1.54) is 0 Å². The number of amides is 1. The Kier molecular flexibility index (Phi) is 8.70. The average Bonchev–Trinajstić information content (AvgIpc) is 2.19. The summed E-state index contributed by atoms with van der Waals surface area (Å²) in [6.45, 7) is 6.77. The van der Waals surface area contributed by atoms with E-state index in [0.717, 1.165) is 17.9 Å². The predicted molar refractivity (Wildman–Crippen MR) is 67.7 cm³/mol. The van der Waals surface area contributed by atoms with Gasteiger partial charge in [-0.2, -0.15) is 11.8 Å². The molecule has 0 atom stereocenters. The largest absolute Gasteiger partial charge is 0.396 e. The monoisotopic (exact) mass is 249 g/mol. The van der Waals surface area contributed by atoms with Crippen LogP contribution in [0.3, 0.4) is 0 Å². The maximum absolute atomic E-state index is 11.3. The Hall–Kier alpha value is -0.260. The first-order valence-electron chi connectivity index (χ1n) is 5.55. The summed E-state index contributed by atoms with van der Waals surface area (Å²) in [4.78, 5) is 11.3. The van der Waals surface area contributed by atoms with Crippen LogP contribution in [0.2, 0.25) is 0 Å². The van der Waals surface area contributed by atoms with Crippen LogP contribution < -0.4 is 5.32 Å². The Morgan fingerprint density at radius 2 is 2.06 bits per heavy atom. The number of hydrogen-bond acceptors (Lipinski definition) is 4. The van der Waals surface area contributed by atoms with E-state index in [9.17, 15) is 4.79 Å². The van der Waals surface area contributed by atoms with Crippen molar-refractivity contribution in [2.75, 3.05) is 31.3 Å². The molecule has 0 heterocycles. The molecule has 0 aromatic rings. The highest BCUT2D eigenvalue weighted by molar-refractivity contribution is 7.99. The fourth-order valence-electron chi connectivity index (χ4n) is 0.864. The maximum Gasteiger partial charge on any atom is 0.246 e. The average molecular weight is 249 g/mol. The van der Waals surface area contributed by atoms with Gasteiger partial charge in [0.15, 0.2) is 0 Å². The van der Waals surface area contributed by atoms with Crippen molar-refractivity contribution in [3.63, 3.8) is 0 Å². The zero-order chi connectivity index (χ0) is 12.4. The van der Waals surface area contributed by atoms with Crippen LogP contribution in [0.4, 0.5) is 0 Å². The summed E-state index contributed by atoms with van der Waals surface area (Å²) in [7, 11) is 0. The smallest absolute Gasteiger partial charge is 0.246 e. The van der Waals surface area contributed by atoms with Crippen LogP contribution in [0.25, 0.3) is 0 Å². The van der Waals surface area contributed by atoms with Crippen LogP contribution in [0.15, 0.2) is 0 Å². The molecule has 0 fully saturated rings. The minimum absolute atomic E-state index is 0.0716. The zero-order valence-electron chi connectivity index (χ0n) is 10.4. The lowest BCUT2D eigenvalue weighted by Crippen LogP contribution is -2.33. The molecular weight excluding hydrogens is 226 g/mol. The van der Waals surface area contributed by atoms with Gasteiger partial charge in [0.05, 0.1) is 5.60 Å². The number of ether oxygens (including phenoxy) is 1. The molecule has 16 heavy (non-hydrogen) atoms. The van der Waals surface area contributed by atoms with E-state index in [1.807, 2.05) is 20.8 Å². The molecule has 4 nitrogen and oxygen atoms in total. The SMILES string of the molecule is CC(C)(C)OCC(=O)NCCSCCCO. The molecule has 0 bridgehead atoms. The van der Waals surface area contributed by atoms with Gasteiger partial charge >= 0.3 is 0 Å². The highest BCUT2D eigenvalue weighted by Gasteiger charge is 2.12. The van der Waals surface area contributed by atoms with E-state index in [2.05, 4.69) is 5.32 Å². The highest BCUT2D eigenvalue weighted by Crippen LogP contribution is 2.05. The highest BCUT2D eigenvalue weighted by atomic mass is 32.2. The lowest BCUT2D eigenvalue weighted by atomic mass is 10.2. The van der Waals surface area contributed by atoms with Crippen LogP contribution >= 0.6 is 11.8 Å². The molecule has 96 valence electrons. The number of aliphatic hydroxyl groups excluding tert-OH is 1. The molecule has 0 aliphatic carbocycles. The van der Waals surface area contributed by atoms with Gasteiger partial charge in [0.25, 0.3) is 0 Å². The Labute approximate surface area is 102 Å². The summed E-state index contributed by atoms with van der Waals surface area (Å²) >= 11 is 1.73. The molecule has 0 aromatic heterocycles. The Morgan fingerprint density at radius 1 is 1.38 bits per heavy atom. The molecule has 0 unspecified atom stereocenters. The number of thioether (sulfide) groups is 1. The van der Waals surface area contributed by atoms with Crippen LogP contribution in [-0.2, 0) is 9.53 Å². The Balaban J connectivity index is 3.31. The number of rotatable bonds is 8. The summed E-state index contributed by atoms with van der Waals surface area (Å²) in [5.41, 5.74) is -0.271. The minimum atomic E-state index is -0.271. The van der Waals surface area contributed by atoms with Gasteiger partial charge in [-0.15, -0.1) is 0 Å². The first-order valence-corrected chi connectivity index (χ1v) is 6.70. The first kappa shape index (κ1) is 15.7. The molecule has 0 saturated heterocycles. The summed E-state index contributed by atoms with van der Waals surface area (Å²) in [5, 5.41) is 11.3. The lowest BCUT2D eigenvalue weighted by Gasteiger charge is -2.18. The van der Waals surface area contributed by atoms with E-state index in [0.29, 0.717) is 6.54 Å². The second kappa shape index (κ2) is 8.84. The fraction of sp³-hybridized carbons (Fsp3) is 0.909. The Morgan fingerprint density at radius 3 is 2.62 bits per heavy atom. The third-order valence-corrected chi connectivity index (χ3v) is 2.72. The summed E-state index contributed by atoms with van der Waals surface area (Å²) in [5.74, 6) is 1.74. The van der Waals surface area contributed by atoms with Gasteiger partial charge in [-0.25, -0.2) is 0 Å². The molecule has 0 rings (SSSR count). The zero-order valence-corrected chi connectivity index (χ0v) is 11.2. The Bertz CT molecular complexity index is 192. The lowest BCUT2D eigenvalue weighted by molar-refractivity contribution is -0.130. The quantitative estimate of drug-likeness (QED) is 0.631. The maximum atomic E-state index is 11.3. The van der Waals surface area contributed by atoms with Gasteiger partial charge < -0.3 is 15.2 Å². The molecular formula is C11H23NO3S. The molecule has 2 N–H and O–H groups in total. The normalized spacial score (nSPS) is 11.5. The molecule has 5 heteroatoms. The van der Waals surface area contributed by atoms with E-state index in [1.54, 1.807) is 11.8 Å². The van der Waals surface area contributed by atoms with Crippen LogP contribution in [0.1, 0.15) is 27.2 Å². The predicted octanol–water partition coefficient (Wildman–Crippen LogP) is 1.03. The number of nitrogens with one attached hydrogen (secondary N) is 1. The van der Waals surface area contributed by atoms with E-state index in [-0.39, 0.29) is 24.7 Å². The topological polar surface area (TPSA) is 58.6 Å². The third-order valence-electron chi connectivity index (χ3n) is 1.65. The van der Waals surface area contributed by atoms with Crippen molar-refractivity contribution < 1.29 is 14.6 Å². The first-order chi connectivity index (χ1) is 7.45. The van der Waals surface area contributed by atoms with Crippen LogP contribution in [0.5, 0.6) is 0 Å². The van der Waals surface area contributed by atoms with Crippen molar-refractivity contribution in [3.8, 4) is 0 Å². The van der Waals surface area contributed by atoms with Crippen LogP contribution in [-0.4, -0.2) is 47.9 Å². The number of hydrogen-bond donors (Lipinski definition) is 2. The number of carbonyl (C=O) groups excluding carboxylic acids is 1. The van der Waals surface area contributed by atoms with Crippen molar-refractivity contribution in [1.29, 1.82) is 0 Å². The van der Waals surface area contributed by atoms with Gasteiger partial charge in [-0.1, -0.05) is 0 Å². The van der Waals surface area contributed by atoms with Crippen molar-refractivity contribution >= 4 is 17.7 Å². The van der Waals surface area contributed by atoms with E-state index >= 15 is 0 Å². The van der Waals surface area contributed by atoms with Gasteiger partial charge in [0.1, 0.15) is 6.61 Å². The van der Waals surface area contributed by atoms with E-state index in [4.69, 9.17) is 9.84 Å². The summed E-state index contributed by atoms with van der Waals surface area (Å²) < 4.78 is 5.33. The van der Waals surface area contributed by atoms with Crippen molar-refractivity contribution in [2.45, 2.75) is 32.8 Å². The van der Waals surface area contributed by atoms with Crippen molar-refractivity contribution in [1.82, 2.24) is 5.32 Å². The second-order valence-corrected chi connectivity index (χ2v) is 5.67. The molecule has 0 saturated carbocycles. The number of aliphatic hydroxyl groups is 1. The molecule has 0 aliphatic rings. The fourth-order valence-corrected chi connectivity index (χ4v) is 1.65. The van der Waals surface area contributed by atoms with Crippen molar-refractivity contribution in [2.24, 2.45) is 0 Å².